The summed E-state index contributed by atoms with van der Waals surface area (Å²) in [7, 11) is 0. The van der Waals surface area contributed by atoms with E-state index in [0.717, 1.165) is 22.7 Å². The highest BCUT2D eigenvalue weighted by Crippen LogP contribution is 2.41. The molecule has 0 bridgehead atoms. The molecule has 2 aromatic carbocycles. The van der Waals surface area contributed by atoms with Crippen molar-refractivity contribution >= 4 is 46.0 Å². The van der Waals surface area contributed by atoms with Gasteiger partial charge in [-0.2, -0.15) is 36.2 Å². The van der Waals surface area contributed by atoms with Crippen molar-refractivity contribution in [2.24, 2.45) is 0 Å². The molecule has 1 aromatic heterocycles. The quantitative estimate of drug-likeness (QED) is 0.173. The summed E-state index contributed by atoms with van der Waals surface area (Å²) in [6.07, 6.45) is -6.90. The van der Waals surface area contributed by atoms with Gasteiger partial charge in [-0.25, -0.2) is 4.48 Å². The molecule has 1 unspecified atom stereocenters. The number of aromatic nitrogens is 2. The highest BCUT2D eigenvalue weighted by molar-refractivity contribution is 8.18. The first kappa shape index (κ1) is 32.5. The van der Waals surface area contributed by atoms with Crippen LogP contribution in [0.2, 0.25) is 0 Å². The molecule has 3 aromatic rings. The lowest BCUT2D eigenvalue weighted by molar-refractivity contribution is -0.913. The molecule has 2 aliphatic heterocycles. The smallest absolute Gasteiger partial charge is 0.435 e. The van der Waals surface area contributed by atoms with E-state index in [1.54, 1.807) is 18.2 Å². The number of carbonyl (C=O) groups is 3. The number of thioether (sulfide) groups is 1. The first-order chi connectivity index (χ1) is 20.8. The Hall–Kier alpha value is -3.85. The van der Waals surface area contributed by atoms with Gasteiger partial charge in [-0.15, -0.1) is 0 Å². The number of likely N-dealkylation sites (tertiary alicyclic amines) is 1. The van der Waals surface area contributed by atoms with Crippen LogP contribution in [-0.2, 0) is 23.7 Å². The number of carbonyl (C=O) groups excluding carboxylic acids is 2. The summed E-state index contributed by atoms with van der Waals surface area (Å²) < 4.78 is 81.1. The lowest BCUT2D eigenvalue weighted by atomic mass is 9.99. The monoisotopic (exact) mass is 655 g/mol. The summed E-state index contributed by atoms with van der Waals surface area (Å²) >= 11 is 0.732. The number of halogens is 6. The van der Waals surface area contributed by atoms with Crippen LogP contribution in [0.1, 0.15) is 55.9 Å². The number of benzene rings is 2. The first-order valence-corrected chi connectivity index (χ1v) is 14.7. The maximum atomic E-state index is 13.6. The molecule has 0 spiro atoms. The Kier molecular flexibility index (Phi) is 8.09. The summed E-state index contributed by atoms with van der Waals surface area (Å²) in [4.78, 5) is 39.8. The van der Waals surface area contributed by atoms with Gasteiger partial charge < -0.3 is 5.11 Å². The summed E-state index contributed by atoms with van der Waals surface area (Å²) in [5.41, 5.74) is -2.96. The normalized spacial score (nSPS) is 22.3. The van der Waals surface area contributed by atoms with Crippen LogP contribution in [0.25, 0.3) is 17.0 Å². The topological polar surface area (TPSA) is 92.5 Å². The van der Waals surface area contributed by atoms with Gasteiger partial charge in [-0.1, -0.05) is 12.1 Å². The van der Waals surface area contributed by atoms with Gasteiger partial charge in [-0.3, -0.25) is 19.2 Å². The molecule has 2 fully saturated rings. The Morgan fingerprint density at radius 3 is 2.40 bits per heavy atom. The van der Waals surface area contributed by atoms with Crippen molar-refractivity contribution in [3.63, 3.8) is 0 Å². The van der Waals surface area contributed by atoms with Crippen molar-refractivity contribution in [2.75, 3.05) is 13.1 Å². The van der Waals surface area contributed by atoms with Crippen LogP contribution in [0.5, 0.6) is 0 Å². The van der Waals surface area contributed by atoms with Gasteiger partial charge in [0.25, 0.3) is 11.1 Å². The zero-order valence-corrected chi connectivity index (χ0v) is 25.2. The van der Waals surface area contributed by atoms with Crippen molar-refractivity contribution in [1.29, 1.82) is 0 Å². The molecule has 5 rings (SSSR count). The van der Waals surface area contributed by atoms with E-state index in [-0.39, 0.29) is 22.0 Å². The van der Waals surface area contributed by atoms with Gasteiger partial charge in [0.05, 0.1) is 47.4 Å². The molecule has 0 saturated carbocycles. The van der Waals surface area contributed by atoms with Crippen LogP contribution < -0.4 is 0 Å². The molecule has 45 heavy (non-hydrogen) atoms. The Bertz CT molecular complexity index is 1730. The second-order valence-electron chi connectivity index (χ2n) is 12.1. The number of alkyl halides is 6. The van der Waals surface area contributed by atoms with E-state index in [0.29, 0.717) is 41.9 Å². The average Bonchev–Trinajstić information content (AvgIpc) is 3.60. The maximum absolute atomic E-state index is 13.6. The minimum atomic E-state index is -5.02. The Morgan fingerprint density at radius 2 is 1.78 bits per heavy atom. The molecule has 2 aliphatic rings. The molecule has 0 radical (unpaired) electrons. The number of nitrogens with zero attached hydrogens (tertiary/aromatic N) is 4. The average molecular weight is 656 g/mol. The van der Waals surface area contributed by atoms with Crippen molar-refractivity contribution < 1.29 is 50.3 Å². The fourth-order valence-electron chi connectivity index (χ4n) is 6.29. The van der Waals surface area contributed by atoms with Gasteiger partial charge in [0, 0.05) is 18.2 Å². The van der Waals surface area contributed by atoms with Gasteiger partial charge in [0.2, 0.25) is 0 Å². The lowest BCUT2D eigenvalue weighted by Crippen LogP contribution is -2.67. The van der Waals surface area contributed by atoms with E-state index in [9.17, 15) is 45.8 Å². The highest BCUT2D eigenvalue weighted by Gasteiger charge is 2.57. The molecule has 3 heterocycles. The molecule has 8 nitrogen and oxygen atoms in total. The molecule has 240 valence electrons. The second kappa shape index (κ2) is 11.2. The van der Waals surface area contributed by atoms with Gasteiger partial charge >= 0.3 is 18.4 Å². The fraction of sp³-hybridized carbons (Fsp3) is 0.400. The largest absolute Gasteiger partial charge is 0.514 e. The van der Waals surface area contributed by atoms with Crippen molar-refractivity contribution in [3.05, 3.63) is 69.8 Å². The Morgan fingerprint density at radius 1 is 1.07 bits per heavy atom. The molecule has 2 atom stereocenters. The number of carboxylic acid groups (broad SMARTS) is 1. The number of quaternary nitrogens is 1. The first-order valence-electron chi connectivity index (χ1n) is 13.9. The number of hydrogen-bond acceptors (Lipinski definition) is 5. The molecule has 2 saturated heterocycles. The zero-order chi connectivity index (χ0) is 33.1. The number of fused-ring (bicyclic) bond motifs is 1. The number of hydrogen-bond donors (Lipinski definition) is 1. The van der Waals surface area contributed by atoms with Crippen LogP contribution >= 0.6 is 11.8 Å². The van der Waals surface area contributed by atoms with Crippen LogP contribution in [0, 0.1) is 0 Å². The number of amides is 3. The molecule has 3 amide bonds. The lowest BCUT2D eigenvalue weighted by Gasteiger charge is -2.45. The van der Waals surface area contributed by atoms with Crippen LogP contribution in [0.4, 0.5) is 35.9 Å². The molecule has 0 aliphatic carbocycles. The van der Waals surface area contributed by atoms with Crippen molar-refractivity contribution in [1.82, 2.24) is 14.7 Å². The minimum Gasteiger partial charge on any atom is -0.435 e. The molecular formula is C30H29F6N4O4S+. The molecule has 1 N–H and O–H groups in total. The SMILES string of the molecule is CC(C)(C)[N+]1(C(=O)O)CCC[C@@H]1CN1C(=O)SC(=Cc2ccc3c(cnn3Cc3ccc(C(F)(F)F)cc3C(F)(F)F)c2)C1=O. The van der Waals surface area contributed by atoms with Crippen molar-refractivity contribution in [3.8, 4) is 0 Å². The predicted molar refractivity (Wildman–Crippen MR) is 154 cm³/mol. The van der Waals surface area contributed by atoms with Crippen molar-refractivity contribution in [2.45, 2.75) is 64.1 Å². The summed E-state index contributed by atoms with van der Waals surface area (Å²) in [5.74, 6) is -0.549. The summed E-state index contributed by atoms with van der Waals surface area (Å²) in [6, 6.07) is 5.75. The van der Waals surface area contributed by atoms with E-state index in [1.807, 2.05) is 20.8 Å². The third-order valence-electron chi connectivity index (χ3n) is 8.50. The van der Waals surface area contributed by atoms with E-state index in [1.165, 1.54) is 17.0 Å². The minimum absolute atomic E-state index is 0.0404. The van der Waals surface area contributed by atoms with Crippen LogP contribution in [0.3, 0.4) is 0 Å². The van der Waals surface area contributed by atoms with E-state index < -0.39 is 64.4 Å². The third kappa shape index (κ3) is 5.94. The fourth-order valence-corrected chi connectivity index (χ4v) is 7.14. The van der Waals surface area contributed by atoms with Gasteiger partial charge in [-0.05, 0) is 74.0 Å². The number of rotatable bonds is 5. The summed E-state index contributed by atoms with van der Waals surface area (Å²) in [6.45, 7) is 5.38. The van der Waals surface area contributed by atoms with Gasteiger partial charge in [0.15, 0.2) is 0 Å². The molecular weight excluding hydrogens is 626 g/mol. The third-order valence-corrected chi connectivity index (χ3v) is 9.41. The van der Waals surface area contributed by atoms with E-state index in [2.05, 4.69) is 5.10 Å². The zero-order valence-electron chi connectivity index (χ0n) is 24.4. The summed E-state index contributed by atoms with van der Waals surface area (Å²) in [5, 5.41) is 14.3. The van der Waals surface area contributed by atoms with Crippen LogP contribution in [-0.4, -0.2) is 66.2 Å². The highest BCUT2D eigenvalue weighted by atomic mass is 32.2. The van der Waals surface area contributed by atoms with E-state index in [4.69, 9.17) is 0 Å². The Balaban J connectivity index is 1.38. The van der Waals surface area contributed by atoms with E-state index >= 15 is 0 Å². The van der Waals surface area contributed by atoms with Crippen LogP contribution in [0.15, 0.2) is 47.5 Å². The van der Waals surface area contributed by atoms with Gasteiger partial charge in [0.1, 0.15) is 11.6 Å². The standard InChI is InChI=1S/C30H28F6N4O4S/c1-28(2,3)40(27(43)44)10-4-5-21(40)16-38-25(41)24(45-26(38)42)12-17-6-9-23-19(11-17)14-37-39(23)15-18-7-8-20(29(31,32)33)13-22(18)30(34,35)36/h6-9,11-14,21H,4-5,10,15-16H2,1-3H3/p+1/t21-,40?/m1/s1. The molecule has 15 heteroatoms. The predicted octanol–water partition coefficient (Wildman–Crippen LogP) is 7.61. The number of imide groups is 1. The maximum Gasteiger partial charge on any atom is 0.514 e. The Labute approximate surface area is 257 Å². The second-order valence-corrected chi connectivity index (χ2v) is 13.1.